The van der Waals surface area contributed by atoms with Gasteiger partial charge >= 0.3 is 0 Å². The van der Waals surface area contributed by atoms with Crippen LogP contribution in [0.15, 0.2) is 71.8 Å². The molecule has 114 valence electrons. The van der Waals surface area contributed by atoms with Crippen LogP contribution in [0.4, 0.5) is 0 Å². The zero-order chi connectivity index (χ0) is 16.1. The second-order valence-corrected chi connectivity index (χ2v) is 5.03. The number of methoxy groups -OCH3 is 1. The third-order valence-electron chi connectivity index (χ3n) is 3.51. The van der Waals surface area contributed by atoms with E-state index in [9.17, 15) is 4.79 Å². The van der Waals surface area contributed by atoms with Crippen molar-refractivity contribution < 1.29 is 9.53 Å². The van der Waals surface area contributed by atoms with E-state index in [4.69, 9.17) is 4.74 Å². The van der Waals surface area contributed by atoms with E-state index in [1.54, 1.807) is 19.4 Å². The molecule has 0 spiro atoms. The second-order valence-electron chi connectivity index (χ2n) is 5.03. The summed E-state index contributed by atoms with van der Waals surface area (Å²) in [5.74, 6) is 0.544. The molecule has 0 radical (unpaired) electrons. The Kier molecular flexibility index (Phi) is 4.34. The van der Waals surface area contributed by atoms with Gasteiger partial charge in [0.2, 0.25) is 0 Å². The van der Waals surface area contributed by atoms with E-state index in [0.29, 0.717) is 5.56 Å². The second kappa shape index (κ2) is 6.75. The van der Waals surface area contributed by atoms with Crippen molar-refractivity contribution in [3.63, 3.8) is 0 Å². The Morgan fingerprint density at radius 2 is 1.74 bits per heavy atom. The molecule has 1 N–H and O–H groups in total. The molecule has 0 aliphatic carbocycles. The molecule has 3 rings (SSSR count). The van der Waals surface area contributed by atoms with Gasteiger partial charge in [-0.1, -0.05) is 30.3 Å². The quantitative estimate of drug-likeness (QED) is 0.591. The largest absolute Gasteiger partial charge is 0.497 e. The standard InChI is InChI=1S/C19H16N2O2/c1-23-18-10-6-14(7-11-18)13-20-21-19(22)17-9-8-15-4-2-3-5-16(15)12-17/h2-13H,1H3,(H,21,22)/b20-13+. The van der Waals surface area contributed by atoms with Gasteiger partial charge in [0.1, 0.15) is 5.75 Å². The van der Waals surface area contributed by atoms with Crippen molar-refractivity contribution in [3.05, 3.63) is 77.9 Å². The van der Waals surface area contributed by atoms with Crippen LogP contribution in [-0.4, -0.2) is 19.2 Å². The molecule has 0 aliphatic rings. The Morgan fingerprint density at radius 1 is 1.00 bits per heavy atom. The summed E-state index contributed by atoms with van der Waals surface area (Å²) in [6.07, 6.45) is 1.60. The molecule has 4 heteroatoms. The lowest BCUT2D eigenvalue weighted by molar-refractivity contribution is 0.0955. The van der Waals surface area contributed by atoms with E-state index in [-0.39, 0.29) is 5.91 Å². The van der Waals surface area contributed by atoms with Crippen LogP contribution in [0.25, 0.3) is 10.8 Å². The summed E-state index contributed by atoms with van der Waals surface area (Å²) in [5.41, 5.74) is 4.00. The van der Waals surface area contributed by atoms with Crippen molar-refractivity contribution in [2.45, 2.75) is 0 Å². The van der Waals surface area contributed by atoms with Crippen LogP contribution in [0.1, 0.15) is 15.9 Å². The molecule has 0 aromatic heterocycles. The number of carbonyl (C=O) groups excluding carboxylic acids is 1. The topological polar surface area (TPSA) is 50.7 Å². The third-order valence-corrected chi connectivity index (χ3v) is 3.51. The first-order valence-electron chi connectivity index (χ1n) is 7.22. The van der Waals surface area contributed by atoms with Gasteiger partial charge in [0.25, 0.3) is 5.91 Å². The van der Waals surface area contributed by atoms with E-state index in [0.717, 1.165) is 22.1 Å². The molecular formula is C19H16N2O2. The number of hydrogen-bond acceptors (Lipinski definition) is 3. The maximum atomic E-state index is 12.1. The normalized spacial score (nSPS) is 10.8. The highest BCUT2D eigenvalue weighted by Crippen LogP contribution is 2.15. The Bertz CT molecular complexity index is 855. The van der Waals surface area contributed by atoms with Crippen LogP contribution < -0.4 is 10.2 Å². The van der Waals surface area contributed by atoms with Gasteiger partial charge in [-0.05, 0) is 52.7 Å². The number of nitrogens with one attached hydrogen (secondary N) is 1. The molecule has 0 bridgehead atoms. The van der Waals surface area contributed by atoms with Gasteiger partial charge in [-0.3, -0.25) is 4.79 Å². The average Bonchev–Trinajstić information content (AvgIpc) is 2.61. The molecule has 1 amide bonds. The lowest BCUT2D eigenvalue weighted by Crippen LogP contribution is -2.17. The number of rotatable bonds is 4. The number of ether oxygens (including phenoxy) is 1. The maximum absolute atomic E-state index is 12.1. The minimum absolute atomic E-state index is 0.236. The van der Waals surface area contributed by atoms with Gasteiger partial charge < -0.3 is 4.74 Å². The van der Waals surface area contributed by atoms with Gasteiger partial charge in [0.15, 0.2) is 0 Å². The summed E-state index contributed by atoms with van der Waals surface area (Å²) < 4.78 is 5.09. The number of hydrazone groups is 1. The van der Waals surface area contributed by atoms with E-state index < -0.39 is 0 Å². The van der Waals surface area contributed by atoms with Crippen molar-refractivity contribution in [2.75, 3.05) is 7.11 Å². The zero-order valence-electron chi connectivity index (χ0n) is 12.7. The molecule has 0 aliphatic heterocycles. The number of fused-ring (bicyclic) bond motifs is 1. The molecule has 3 aromatic carbocycles. The Hall–Kier alpha value is -3.14. The first kappa shape index (κ1) is 14.8. The highest BCUT2D eigenvalue weighted by Gasteiger charge is 2.04. The van der Waals surface area contributed by atoms with E-state index in [2.05, 4.69) is 10.5 Å². The molecule has 0 heterocycles. The van der Waals surface area contributed by atoms with Crippen molar-refractivity contribution in [1.29, 1.82) is 0 Å². The Labute approximate surface area is 134 Å². The smallest absolute Gasteiger partial charge is 0.271 e. The van der Waals surface area contributed by atoms with E-state index in [1.165, 1.54) is 0 Å². The summed E-state index contributed by atoms with van der Waals surface area (Å²) >= 11 is 0. The summed E-state index contributed by atoms with van der Waals surface area (Å²) in [7, 11) is 1.62. The Morgan fingerprint density at radius 3 is 2.48 bits per heavy atom. The van der Waals surface area contributed by atoms with Crippen molar-refractivity contribution in [1.82, 2.24) is 5.43 Å². The molecule has 0 unspecified atom stereocenters. The molecular weight excluding hydrogens is 288 g/mol. The van der Waals surface area contributed by atoms with Crippen molar-refractivity contribution in [2.24, 2.45) is 5.10 Å². The van der Waals surface area contributed by atoms with Crippen molar-refractivity contribution in [3.8, 4) is 5.75 Å². The van der Waals surface area contributed by atoms with Gasteiger partial charge in [0, 0.05) is 5.56 Å². The fraction of sp³-hybridized carbons (Fsp3) is 0.0526. The minimum Gasteiger partial charge on any atom is -0.497 e. The predicted molar refractivity (Wildman–Crippen MR) is 92.0 cm³/mol. The first-order valence-corrected chi connectivity index (χ1v) is 7.22. The molecule has 3 aromatic rings. The number of carbonyl (C=O) groups is 1. The number of amides is 1. The molecule has 0 saturated heterocycles. The monoisotopic (exact) mass is 304 g/mol. The van der Waals surface area contributed by atoms with Crippen LogP contribution >= 0.6 is 0 Å². The van der Waals surface area contributed by atoms with Crippen LogP contribution in [0.5, 0.6) is 5.75 Å². The fourth-order valence-corrected chi connectivity index (χ4v) is 2.25. The molecule has 4 nitrogen and oxygen atoms in total. The summed E-state index contributed by atoms with van der Waals surface area (Å²) in [4.78, 5) is 12.1. The first-order chi connectivity index (χ1) is 11.3. The van der Waals surface area contributed by atoms with Crippen LogP contribution in [0, 0.1) is 0 Å². The third kappa shape index (κ3) is 3.55. The number of benzene rings is 3. The highest BCUT2D eigenvalue weighted by molar-refractivity contribution is 5.98. The van der Waals surface area contributed by atoms with Crippen LogP contribution in [0.2, 0.25) is 0 Å². The van der Waals surface area contributed by atoms with E-state index >= 15 is 0 Å². The predicted octanol–water partition coefficient (Wildman–Crippen LogP) is 3.61. The highest BCUT2D eigenvalue weighted by atomic mass is 16.5. The van der Waals surface area contributed by atoms with Gasteiger partial charge in [-0.25, -0.2) is 5.43 Å². The Balaban J connectivity index is 1.68. The maximum Gasteiger partial charge on any atom is 0.271 e. The SMILES string of the molecule is COc1ccc(/C=N/NC(=O)c2ccc3ccccc3c2)cc1. The molecule has 0 atom stereocenters. The number of nitrogens with zero attached hydrogens (tertiary/aromatic N) is 1. The summed E-state index contributed by atoms with van der Waals surface area (Å²) in [5, 5.41) is 6.12. The van der Waals surface area contributed by atoms with E-state index in [1.807, 2.05) is 60.7 Å². The summed E-state index contributed by atoms with van der Waals surface area (Å²) in [6, 6.07) is 20.9. The average molecular weight is 304 g/mol. The lowest BCUT2D eigenvalue weighted by Gasteiger charge is -2.02. The zero-order valence-corrected chi connectivity index (χ0v) is 12.7. The molecule has 23 heavy (non-hydrogen) atoms. The van der Waals surface area contributed by atoms with Gasteiger partial charge in [0.05, 0.1) is 13.3 Å². The van der Waals surface area contributed by atoms with Gasteiger partial charge in [-0.15, -0.1) is 0 Å². The number of hydrogen-bond donors (Lipinski definition) is 1. The fourth-order valence-electron chi connectivity index (χ4n) is 2.25. The van der Waals surface area contributed by atoms with Crippen LogP contribution in [-0.2, 0) is 0 Å². The summed E-state index contributed by atoms with van der Waals surface area (Å²) in [6.45, 7) is 0. The molecule has 0 fully saturated rings. The van der Waals surface area contributed by atoms with Crippen molar-refractivity contribution >= 4 is 22.9 Å². The van der Waals surface area contributed by atoms with Crippen LogP contribution in [0.3, 0.4) is 0 Å². The molecule has 0 saturated carbocycles. The van der Waals surface area contributed by atoms with Gasteiger partial charge in [-0.2, -0.15) is 5.10 Å². The minimum atomic E-state index is -0.236. The lowest BCUT2D eigenvalue weighted by atomic mass is 10.1.